The summed E-state index contributed by atoms with van der Waals surface area (Å²) in [5.74, 6) is -2.64. The predicted octanol–water partition coefficient (Wildman–Crippen LogP) is 1.17. The van der Waals surface area contributed by atoms with Gasteiger partial charge in [-0.2, -0.15) is 0 Å². The molecule has 0 radical (unpaired) electrons. The van der Waals surface area contributed by atoms with E-state index in [1.165, 1.54) is 4.90 Å². The SMILES string of the molecule is C[C@H](NC(=O)c1ccc(N(C)C)c2ccccc12)C(=O)N1CCCC1C(=O)N[C@H](C=O)CC(=O)O. The van der Waals surface area contributed by atoms with Gasteiger partial charge in [-0.3, -0.25) is 19.2 Å². The molecule has 10 nitrogen and oxygen atoms in total. The van der Waals surface area contributed by atoms with Crippen molar-refractivity contribution in [3.05, 3.63) is 42.0 Å². The highest BCUT2D eigenvalue weighted by molar-refractivity contribution is 6.11. The van der Waals surface area contributed by atoms with Crippen LogP contribution in [0.15, 0.2) is 36.4 Å². The maximum absolute atomic E-state index is 13.1. The molecular formula is C25H30N4O6. The molecule has 0 saturated carbocycles. The molecule has 0 aromatic heterocycles. The van der Waals surface area contributed by atoms with Crippen LogP contribution in [-0.4, -0.2) is 78.7 Å². The number of aldehydes is 1. The zero-order chi connectivity index (χ0) is 25.7. The average molecular weight is 483 g/mol. The van der Waals surface area contributed by atoms with Crippen molar-refractivity contribution in [3.8, 4) is 0 Å². The van der Waals surface area contributed by atoms with Gasteiger partial charge in [0.1, 0.15) is 18.4 Å². The molecular weight excluding hydrogens is 452 g/mol. The number of carboxylic acid groups (broad SMARTS) is 1. The highest BCUT2D eigenvalue weighted by Crippen LogP contribution is 2.28. The van der Waals surface area contributed by atoms with Crippen molar-refractivity contribution in [2.24, 2.45) is 0 Å². The van der Waals surface area contributed by atoms with Gasteiger partial charge >= 0.3 is 5.97 Å². The van der Waals surface area contributed by atoms with Crippen LogP contribution in [0.5, 0.6) is 0 Å². The van der Waals surface area contributed by atoms with E-state index in [1.54, 1.807) is 13.0 Å². The second kappa shape index (κ2) is 11.0. The largest absolute Gasteiger partial charge is 0.481 e. The molecule has 2 aromatic rings. The van der Waals surface area contributed by atoms with Gasteiger partial charge in [0, 0.05) is 37.3 Å². The molecule has 1 heterocycles. The lowest BCUT2D eigenvalue weighted by Gasteiger charge is -2.28. The molecule has 1 fully saturated rings. The van der Waals surface area contributed by atoms with Crippen molar-refractivity contribution >= 4 is 46.4 Å². The van der Waals surface area contributed by atoms with Gasteiger partial charge in [0.2, 0.25) is 11.8 Å². The quantitative estimate of drug-likeness (QED) is 0.457. The molecule has 1 aliphatic heterocycles. The third-order valence-corrected chi connectivity index (χ3v) is 6.07. The number of nitrogens with one attached hydrogen (secondary N) is 2. The first kappa shape index (κ1) is 25.7. The third kappa shape index (κ3) is 5.76. The fraction of sp³-hybridized carbons (Fsp3) is 0.400. The number of rotatable bonds is 9. The number of nitrogens with zero attached hydrogens (tertiary/aromatic N) is 2. The number of hydrogen-bond donors (Lipinski definition) is 3. The van der Waals surface area contributed by atoms with E-state index in [2.05, 4.69) is 10.6 Å². The Morgan fingerprint density at radius 3 is 2.43 bits per heavy atom. The molecule has 0 aliphatic carbocycles. The number of hydrogen-bond acceptors (Lipinski definition) is 6. The molecule has 0 spiro atoms. The lowest BCUT2D eigenvalue weighted by atomic mass is 10.0. The Labute approximate surface area is 203 Å². The highest BCUT2D eigenvalue weighted by Gasteiger charge is 2.37. The van der Waals surface area contributed by atoms with Crippen LogP contribution in [-0.2, 0) is 19.2 Å². The van der Waals surface area contributed by atoms with Gasteiger partial charge in [0.15, 0.2) is 0 Å². The number of fused-ring (bicyclic) bond motifs is 1. The Kier molecular flexibility index (Phi) is 8.06. The van der Waals surface area contributed by atoms with Crippen LogP contribution in [0.25, 0.3) is 10.8 Å². The second-order valence-electron chi connectivity index (χ2n) is 8.81. The van der Waals surface area contributed by atoms with E-state index in [1.807, 2.05) is 49.3 Å². The molecule has 2 aromatic carbocycles. The number of carbonyl (C=O) groups is 5. The van der Waals surface area contributed by atoms with Gasteiger partial charge in [-0.1, -0.05) is 24.3 Å². The fourth-order valence-electron chi connectivity index (χ4n) is 4.36. The summed E-state index contributed by atoms with van der Waals surface area (Å²) < 4.78 is 0. The van der Waals surface area contributed by atoms with E-state index in [0.717, 1.165) is 16.5 Å². The first-order chi connectivity index (χ1) is 16.6. The molecule has 1 aliphatic rings. The number of carbonyl (C=O) groups excluding carboxylic acids is 4. The Morgan fingerprint density at radius 2 is 1.80 bits per heavy atom. The maximum Gasteiger partial charge on any atom is 0.305 e. The van der Waals surface area contributed by atoms with E-state index in [0.29, 0.717) is 31.2 Å². The standard InChI is InChI=1S/C25H30N4O6/c1-15(25(35)29-12-6-9-21(29)24(34)27-16(14-30)13-22(31)32)26-23(33)19-10-11-20(28(2)3)18-8-5-4-7-17(18)19/h4-5,7-8,10-11,14-16,21H,6,9,12-13H2,1-3H3,(H,26,33)(H,27,34)(H,31,32)/t15-,16-,21?/m0/s1. The summed E-state index contributed by atoms with van der Waals surface area (Å²) in [7, 11) is 3.84. The molecule has 186 valence electrons. The third-order valence-electron chi connectivity index (χ3n) is 6.07. The minimum atomic E-state index is -1.22. The van der Waals surface area contributed by atoms with Crippen LogP contribution in [0.3, 0.4) is 0 Å². The number of anilines is 1. The first-order valence-corrected chi connectivity index (χ1v) is 11.4. The van der Waals surface area contributed by atoms with Gasteiger partial charge in [-0.05, 0) is 37.3 Å². The molecule has 3 N–H and O–H groups in total. The summed E-state index contributed by atoms with van der Waals surface area (Å²) in [5, 5.41) is 15.7. The van der Waals surface area contributed by atoms with Crippen LogP contribution in [0, 0.1) is 0 Å². The Bertz CT molecular complexity index is 1150. The van der Waals surface area contributed by atoms with Crippen molar-refractivity contribution in [2.75, 3.05) is 25.5 Å². The van der Waals surface area contributed by atoms with Gasteiger partial charge in [-0.15, -0.1) is 0 Å². The van der Waals surface area contributed by atoms with Crippen LogP contribution in [0.2, 0.25) is 0 Å². The molecule has 3 rings (SSSR count). The minimum Gasteiger partial charge on any atom is -0.481 e. The number of benzene rings is 2. The molecule has 3 amide bonds. The average Bonchev–Trinajstić information content (AvgIpc) is 3.31. The Hall–Kier alpha value is -3.95. The molecule has 1 unspecified atom stereocenters. The van der Waals surface area contributed by atoms with Crippen molar-refractivity contribution < 1.29 is 29.1 Å². The van der Waals surface area contributed by atoms with Crippen molar-refractivity contribution in [3.63, 3.8) is 0 Å². The van der Waals surface area contributed by atoms with Crippen molar-refractivity contribution in [1.29, 1.82) is 0 Å². The first-order valence-electron chi connectivity index (χ1n) is 11.4. The Balaban J connectivity index is 1.72. The molecule has 35 heavy (non-hydrogen) atoms. The number of aliphatic carboxylic acids is 1. The highest BCUT2D eigenvalue weighted by atomic mass is 16.4. The van der Waals surface area contributed by atoms with E-state index in [-0.39, 0.29) is 0 Å². The minimum absolute atomic E-state index is 0.322. The van der Waals surface area contributed by atoms with E-state index in [4.69, 9.17) is 5.11 Å². The van der Waals surface area contributed by atoms with E-state index >= 15 is 0 Å². The van der Waals surface area contributed by atoms with Gasteiger partial charge in [0.25, 0.3) is 5.91 Å². The summed E-state index contributed by atoms with van der Waals surface area (Å²) >= 11 is 0. The number of carboxylic acids is 1. The summed E-state index contributed by atoms with van der Waals surface area (Å²) in [6, 6.07) is 8.19. The zero-order valence-electron chi connectivity index (χ0n) is 20.0. The normalized spacial score (nSPS) is 16.9. The summed E-state index contributed by atoms with van der Waals surface area (Å²) in [6.45, 7) is 1.88. The summed E-state index contributed by atoms with van der Waals surface area (Å²) in [6.07, 6.45) is 0.782. The monoisotopic (exact) mass is 482 g/mol. The molecule has 1 saturated heterocycles. The topological polar surface area (TPSA) is 136 Å². The number of amides is 3. The summed E-state index contributed by atoms with van der Waals surface area (Å²) in [4.78, 5) is 64.2. The van der Waals surface area contributed by atoms with Gasteiger partial charge in [-0.25, -0.2) is 0 Å². The van der Waals surface area contributed by atoms with Crippen LogP contribution in [0.4, 0.5) is 5.69 Å². The molecule has 10 heteroatoms. The van der Waals surface area contributed by atoms with Crippen LogP contribution in [0.1, 0.15) is 36.5 Å². The predicted molar refractivity (Wildman–Crippen MR) is 130 cm³/mol. The van der Waals surface area contributed by atoms with Crippen LogP contribution >= 0.6 is 0 Å². The van der Waals surface area contributed by atoms with E-state index in [9.17, 15) is 24.0 Å². The smallest absolute Gasteiger partial charge is 0.305 e. The second-order valence-corrected chi connectivity index (χ2v) is 8.81. The van der Waals surface area contributed by atoms with Gasteiger partial charge in [0.05, 0.1) is 12.5 Å². The molecule has 3 atom stereocenters. The number of likely N-dealkylation sites (tertiary alicyclic amines) is 1. The molecule has 0 bridgehead atoms. The maximum atomic E-state index is 13.1. The van der Waals surface area contributed by atoms with E-state index < -0.39 is 48.2 Å². The fourth-order valence-corrected chi connectivity index (χ4v) is 4.36. The zero-order valence-corrected chi connectivity index (χ0v) is 20.0. The van der Waals surface area contributed by atoms with Gasteiger partial charge < -0.3 is 30.3 Å². The Morgan fingerprint density at radius 1 is 1.11 bits per heavy atom. The lowest BCUT2D eigenvalue weighted by Crippen LogP contribution is -2.54. The van der Waals surface area contributed by atoms with Crippen molar-refractivity contribution in [2.45, 2.75) is 44.3 Å². The summed E-state index contributed by atoms with van der Waals surface area (Å²) in [5.41, 5.74) is 1.40. The lowest BCUT2D eigenvalue weighted by molar-refractivity contribution is -0.141. The van der Waals surface area contributed by atoms with Crippen molar-refractivity contribution in [1.82, 2.24) is 15.5 Å². The van der Waals surface area contributed by atoms with Crippen LogP contribution < -0.4 is 15.5 Å².